The lowest BCUT2D eigenvalue weighted by molar-refractivity contribution is 0.267. The fraction of sp³-hybridized carbons (Fsp3) is 0.400. The van der Waals surface area contributed by atoms with E-state index >= 15 is 0 Å². The molecule has 13 heavy (non-hydrogen) atoms. The molecule has 0 saturated carbocycles. The molecule has 1 aliphatic heterocycles. The molecule has 1 heterocycles. The van der Waals surface area contributed by atoms with Crippen molar-refractivity contribution in [2.45, 2.75) is 18.9 Å². The molecule has 70 valence electrons. The van der Waals surface area contributed by atoms with E-state index in [4.69, 9.17) is 5.11 Å². The van der Waals surface area contributed by atoms with Crippen LogP contribution in [-0.2, 0) is 6.42 Å². The van der Waals surface area contributed by atoms with E-state index < -0.39 is 0 Å². The van der Waals surface area contributed by atoms with E-state index in [1.54, 1.807) is 12.1 Å². The van der Waals surface area contributed by atoms with Crippen LogP contribution in [0.5, 0.6) is 5.75 Å². The topological polar surface area (TPSA) is 52.5 Å². The van der Waals surface area contributed by atoms with Crippen molar-refractivity contribution in [3.8, 4) is 5.75 Å². The third-order valence-electron chi connectivity index (χ3n) is 2.43. The molecule has 0 aliphatic carbocycles. The quantitative estimate of drug-likeness (QED) is 0.566. The maximum Gasteiger partial charge on any atom is 0.116 e. The van der Waals surface area contributed by atoms with Gasteiger partial charge < -0.3 is 15.5 Å². The lowest BCUT2D eigenvalue weighted by Crippen LogP contribution is -2.28. The Morgan fingerprint density at radius 2 is 2.31 bits per heavy atom. The summed E-state index contributed by atoms with van der Waals surface area (Å²) < 4.78 is 0. The van der Waals surface area contributed by atoms with Crippen molar-refractivity contribution < 1.29 is 10.2 Å². The van der Waals surface area contributed by atoms with E-state index in [-0.39, 0.29) is 12.6 Å². The lowest BCUT2D eigenvalue weighted by atomic mass is 9.98. The highest BCUT2D eigenvalue weighted by Gasteiger charge is 2.16. The second-order valence-electron chi connectivity index (χ2n) is 3.40. The van der Waals surface area contributed by atoms with Gasteiger partial charge in [-0.1, -0.05) is 0 Å². The summed E-state index contributed by atoms with van der Waals surface area (Å²) in [5.74, 6) is 0.308. The minimum absolute atomic E-state index is 0.164. The summed E-state index contributed by atoms with van der Waals surface area (Å²) in [6.07, 6.45) is 1.84. The molecule has 1 aromatic carbocycles. The lowest BCUT2D eigenvalue weighted by Gasteiger charge is -2.25. The smallest absolute Gasteiger partial charge is 0.116 e. The van der Waals surface area contributed by atoms with Gasteiger partial charge in [-0.2, -0.15) is 0 Å². The zero-order valence-electron chi connectivity index (χ0n) is 7.33. The van der Waals surface area contributed by atoms with Crippen LogP contribution in [0, 0.1) is 0 Å². The normalized spacial score (nSPS) is 20.5. The summed E-state index contributed by atoms with van der Waals surface area (Å²) in [6.45, 7) is 0.167. The third kappa shape index (κ3) is 1.60. The van der Waals surface area contributed by atoms with Crippen molar-refractivity contribution in [3.63, 3.8) is 0 Å². The van der Waals surface area contributed by atoms with E-state index in [9.17, 15) is 5.11 Å². The van der Waals surface area contributed by atoms with Crippen molar-refractivity contribution >= 4 is 5.69 Å². The molecule has 1 atom stereocenters. The van der Waals surface area contributed by atoms with Crippen LogP contribution < -0.4 is 5.32 Å². The van der Waals surface area contributed by atoms with Crippen LogP contribution in [0.1, 0.15) is 12.0 Å². The molecule has 0 fully saturated rings. The average molecular weight is 179 g/mol. The molecule has 2 rings (SSSR count). The van der Waals surface area contributed by atoms with Crippen LogP contribution in [0.4, 0.5) is 5.69 Å². The predicted octanol–water partition coefficient (Wildman–Crippen LogP) is 1.11. The van der Waals surface area contributed by atoms with Crippen LogP contribution >= 0.6 is 0 Å². The highest BCUT2D eigenvalue weighted by atomic mass is 16.3. The van der Waals surface area contributed by atoms with Crippen molar-refractivity contribution in [1.29, 1.82) is 0 Å². The molecule has 3 heteroatoms. The molecule has 0 bridgehead atoms. The molecular weight excluding hydrogens is 166 g/mol. The summed E-state index contributed by atoms with van der Waals surface area (Å²) in [6, 6.07) is 5.45. The monoisotopic (exact) mass is 179 g/mol. The number of aliphatic hydroxyl groups excluding tert-OH is 1. The van der Waals surface area contributed by atoms with Gasteiger partial charge >= 0.3 is 0 Å². The molecule has 3 N–H and O–H groups in total. The summed E-state index contributed by atoms with van der Waals surface area (Å²) in [7, 11) is 0. The number of fused-ring (bicyclic) bond motifs is 1. The molecule has 1 unspecified atom stereocenters. The van der Waals surface area contributed by atoms with Gasteiger partial charge in [-0.3, -0.25) is 0 Å². The number of hydrogen-bond donors (Lipinski definition) is 3. The van der Waals surface area contributed by atoms with Crippen LogP contribution in [0.15, 0.2) is 18.2 Å². The van der Waals surface area contributed by atoms with Crippen LogP contribution in [0.2, 0.25) is 0 Å². The fourth-order valence-corrected chi connectivity index (χ4v) is 1.69. The average Bonchev–Trinajstić information content (AvgIpc) is 2.17. The first kappa shape index (κ1) is 8.38. The van der Waals surface area contributed by atoms with Gasteiger partial charge in [0.05, 0.1) is 6.61 Å². The number of aryl methyl sites for hydroxylation is 1. The van der Waals surface area contributed by atoms with E-state index in [0.717, 1.165) is 24.1 Å². The van der Waals surface area contributed by atoms with Crippen molar-refractivity contribution in [2.24, 2.45) is 0 Å². The second kappa shape index (κ2) is 3.26. The molecule has 1 aromatic rings. The van der Waals surface area contributed by atoms with Crippen molar-refractivity contribution in [3.05, 3.63) is 23.8 Å². The van der Waals surface area contributed by atoms with Crippen LogP contribution in [0.25, 0.3) is 0 Å². The summed E-state index contributed by atoms with van der Waals surface area (Å²) in [5, 5.41) is 21.4. The molecule has 0 saturated heterocycles. The number of benzene rings is 1. The van der Waals surface area contributed by atoms with Gasteiger partial charge in [0.2, 0.25) is 0 Å². The fourth-order valence-electron chi connectivity index (χ4n) is 1.69. The van der Waals surface area contributed by atoms with Crippen molar-refractivity contribution in [1.82, 2.24) is 0 Å². The summed E-state index contributed by atoms with van der Waals surface area (Å²) >= 11 is 0. The Morgan fingerprint density at radius 3 is 3.08 bits per heavy atom. The highest BCUT2D eigenvalue weighted by Crippen LogP contribution is 2.27. The van der Waals surface area contributed by atoms with Gasteiger partial charge in [0.15, 0.2) is 0 Å². The number of aliphatic hydroxyl groups is 1. The first-order valence-electron chi connectivity index (χ1n) is 4.49. The zero-order valence-corrected chi connectivity index (χ0v) is 7.33. The van der Waals surface area contributed by atoms with Crippen LogP contribution in [0.3, 0.4) is 0 Å². The Kier molecular flexibility index (Phi) is 2.10. The Bertz CT molecular complexity index is 312. The SMILES string of the molecule is OCC1CCc2cc(O)ccc2N1. The number of rotatable bonds is 1. The number of aromatic hydroxyl groups is 1. The molecule has 1 aliphatic rings. The number of phenolic OH excluding ortho intramolecular Hbond substituents is 1. The van der Waals surface area contributed by atoms with Gasteiger partial charge in [-0.05, 0) is 36.6 Å². The van der Waals surface area contributed by atoms with Gasteiger partial charge in [-0.25, -0.2) is 0 Å². The van der Waals surface area contributed by atoms with E-state index in [1.165, 1.54) is 0 Å². The Morgan fingerprint density at radius 1 is 1.46 bits per heavy atom. The molecule has 0 spiro atoms. The van der Waals surface area contributed by atoms with Crippen LogP contribution in [-0.4, -0.2) is 22.9 Å². The third-order valence-corrected chi connectivity index (χ3v) is 2.43. The molecule has 0 amide bonds. The molecule has 3 nitrogen and oxygen atoms in total. The molecule has 0 aromatic heterocycles. The van der Waals surface area contributed by atoms with E-state index in [1.807, 2.05) is 6.07 Å². The first-order valence-corrected chi connectivity index (χ1v) is 4.49. The number of anilines is 1. The van der Waals surface area contributed by atoms with E-state index in [2.05, 4.69) is 5.32 Å². The zero-order chi connectivity index (χ0) is 9.26. The Balaban J connectivity index is 2.26. The highest BCUT2D eigenvalue weighted by molar-refractivity contribution is 5.56. The maximum atomic E-state index is 9.23. The van der Waals surface area contributed by atoms with Gasteiger partial charge in [0.25, 0.3) is 0 Å². The number of hydrogen-bond acceptors (Lipinski definition) is 3. The predicted molar refractivity (Wildman–Crippen MR) is 50.9 cm³/mol. The van der Waals surface area contributed by atoms with Gasteiger partial charge in [0, 0.05) is 11.7 Å². The number of nitrogens with one attached hydrogen (secondary N) is 1. The minimum Gasteiger partial charge on any atom is -0.508 e. The summed E-state index contributed by atoms with van der Waals surface area (Å²) in [4.78, 5) is 0. The minimum atomic E-state index is 0.164. The standard InChI is InChI=1S/C10H13NO2/c12-6-8-2-1-7-5-9(13)3-4-10(7)11-8/h3-5,8,11-13H,1-2,6H2. The largest absolute Gasteiger partial charge is 0.508 e. The number of phenols is 1. The van der Waals surface area contributed by atoms with Gasteiger partial charge in [-0.15, -0.1) is 0 Å². The van der Waals surface area contributed by atoms with Gasteiger partial charge in [0.1, 0.15) is 5.75 Å². The first-order chi connectivity index (χ1) is 6.29. The molecular formula is C10H13NO2. The Hall–Kier alpha value is -1.22. The van der Waals surface area contributed by atoms with E-state index in [0.29, 0.717) is 5.75 Å². The molecule has 0 radical (unpaired) electrons. The van der Waals surface area contributed by atoms with Crippen molar-refractivity contribution in [2.75, 3.05) is 11.9 Å². The Labute approximate surface area is 77.0 Å². The summed E-state index contributed by atoms with van der Waals surface area (Å²) in [5.41, 5.74) is 2.16. The second-order valence-corrected chi connectivity index (χ2v) is 3.40. The maximum absolute atomic E-state index is 9.23.